The molecule has 2 heterocycles. The van der Waals surface area contributed by atoms with Gasteiger partial charge >= 0.3 is 6.03 Å². The molecule has 2 N–H and O–H groups in total. The third kappa shape index (κ3) is 4.41. The number of nitrogens with zero attached hydrogens (tertiary/aromatic N) is 6. The van der Waals surface area contributed by atoms with E-state index < -0.39 is 4.92 Å². The molecule has 1 fully saturated rings. The Labute approximate surface area is 200 Å². The Hall–Kier alpha value is -4.00. The van der Waals surface area contributed by atoms with E-state index in [2.05, 4.69) is 22.8 Å². The maximum Gasteiger partial charge on any atom is 0.334 e. The lowest BCUT2D eigenvalue weighted by molar-refractivity contribution is -0.384. The number of urea groups is 1. The zero-order chi connectivity index (χ0) is 24.4. The number of ether oxygens (including phenoxy) is 2. The summed E-state index contributed by atoms with van der Waals surface area (Å²) in [6.45, 7) is 1.81. The molecule has 1 aromatic heterocycles. The first-order valence-corrected chi connectivity index (χ1v) is 10.7. The number of fused-ring (bicyclic) bond motifs is 1. The Bertz CT molecular complexity index is 1230. The predicted molar refractivity (Wildman–Crippen MR) is 131 cm³/mol. The number of nitro groups is 1. The normalized spacial score (nSPS) is 13.6. The maximum absolute atomic E-state index is 12.9. The van der Waals surface area contributed by atoms with Crippen LogP contribution in [0.15, 0.2) is 36.4 Å². The molecule has 1 aliphatic heterocycles. The summed E-state index contributed by atoms with van der Waals surface area (Å²) in [6, 6.07) is 8.78. The van der Waals surface area contributed by atoms with Crippen molar-refractivity contribution < 1.29 is 19.2 Å². The highest BCUT2D eigenvalue weighted by Crippen LogP contribution is 2.34. The molecule has 2 aromatic carbocycles. The Kier molecular flexibility index (Phi) is 6.45. The van der Waals surface area contributed by atoms with E-state index in [1.54, 1.807) is 31.3 Å². The van der Waals surface area contributed by atoms with Crippen LogP contribution in [-0.4, -0.2) is 66.2 Å². The van der Waals surface area contributed by atoms with Gasteiger partial charge in [-0.15, -0.1) is 0 Å². The van der Waals surface area contributed by atoms with E-state index in [4.69, 9.17) is 15.2 Å². The number of hydrogen-bond acceptors (Lipinski definition) is 10. The number of anilines is 3. The van der Waals surface area contributed by atoms with Gasteiger partial charge in [0.2, 0.25) is 5.95 Å². The number of nitro benzene ring substituents is 1. The highest BCUT2D eigenvalue weighted by atomic mass is 32.1. The molecule has 0 unspecified atom stereocenters. The monoisotopic (exact) mass is 485 g/mol. The van der Waals surface area contributed by atoms with E-state index in [1.165, 1.54) is 28.6 Å². The lowest BCUT2D eigenvalue weighted by Crippen LogP contribution is -2.51. The minimum Gasteiger partial charge on any atom is -0.493 e. The van der Waals surface area contributed by atoms with E-state index in [9.17, 15) is 14.9 Å². The molecule has 0 bridgehead atoms. The van der Waals surface area contributed by atoms with Crippen LogP contribution in [0.5, 0.6) is 11.5 Å². The van der Waals surface area contributed by atoms with Crippen LogP contribution in [0.3, 0.4) is 0 Å². The number of amides is 2. The number of benzene rings is 2. The van der Waals surface area contributed by atoms with Gasteiger partial charge in [0.1, 0.15) is 5.82 Å². The van der Waals surface area contributed by atoms with Crippen LogP contribution in [0.1, 0.15) is 0 Å². The summed E-state index contributed by atoms with van der Waals surface area (Å²) >= 11 is 4.29. The molecule has 0 aliphatic carbocycles. The zero-order valence-electron chi connectivity index (χ0n) is 18.5. The SMILES string of the molecule is COc1cc2nc(N3CCN(C(=O)N(S)c4ccc([N+](=O)[O-])cc4)CC3)nc(N)c2cc1OC. The fourth-order valence-electron chi connectivity index (χ4n) is 3.67. The second-order valence-corrected chi connectivity index (χ2v) is 7.88. The van der Waals surface area contributed by atoms with E-state index in [1.807, 2.05) is 4.90 Å². The number of carbonyl (C=O) groups excluding carboxylic acids is 1. The lowest BCUT2D eigenvalue weighted by atomic mass is 10.2. The van der Waals surface area contributed by atoms with Crippen molar-refractivity contribution >= 4 is 52.9 Å². The molecule has 34 heavy (non-hydrogen) atoms. The molecule has 4 rings (SSSR count). The van der Waals surface area contributed by atoms with Crippen molar-refractivity contribution in [2.45, 2.75) is 0 Å². The predicted octanol–water partition coefficient (Wildman–Crippen LogP) is 2.73. The first-order valence-electron chi connectivity index (χ1n) is 10.3. The van der Waals surface area contributed by atoms with Gasteiger partial charge in [0.25, 0.3) is 5.69 Å². The molecule has 1 aliphatic rings. The first kappa shape index (κ1) is 23.2. The molecule has 178 valence electrons. The second kappa shape index (κ2) is 9.47. The van der Waals surface area contributed by atoms with Gasteiger partial charge in [0.05, 0.1) is 30.3 Å². The van der Waals surface area contributed by atoms with Crippen LogP contribution in [0.4, 0.5) is 27.9 Å². The van der Waals surface area contributed by atoms with Crippen molar-refractivity contribution in [1.82, 2.24) is 14.9 Å². The fourth-order valence-corrected chi connectivity index (χ4v) is 3.93. The summed E-state index contributed by atoms with van der Waals surface area (Å²) in [4.78, 5) is 35.9. The summed E-state index contributed by atoms with van der Waals surface area (Å²) in [5.41, 5.74) is 7.20. The van der Waals surface area contributed by atoms with E-state index in [0.29, 0.717) is 66.0 Å². The smallest absolute Gasteiger partial charge is 0.334 e. The number of nitrogen functional groups attached to an aromatic ring is 1. The van der Waals surface area contributed by atoms with Gasteiger partial charge in [-0.2, -0.15) is 4.98 Å². The lowest BCUT2D eigenvalue weighted by Gasteiger charge is -2.36. The molecule has 2 amide bonds. The van der Waals surface area contributed by atoms with Crippen LogP contribution in [-0.2, 0) is 0 Å². The van der Waals surface area contributed by atoms with Gasteiger partial charge in [0, 0.05) is 49.8 Å². The fraction of sp³-hybridized carbons (Fsp3) is 0.286. The van der Waals surface area contributed by atoms with Crippen LogP contribution in [0.25, 0.3) is 10.9 Å². The largest absolute Gasteiger partial charge is 0.493 e. The highest BCUT2D eigenvalue weighted by Gasteiger charge is 2.27. The molecule has 0 radical (unpaired) electrons. The highest BCUT2D eigenvalue weighted by molar-refractivity contribution is 7.82. The zero-order valence-corrected chi connectivity index (χ0v) is 19.4. The Morgan fingerprint density at radius 1 is 1.09 bits per heavy atom. The van der Waals surface area contributed by atoms with Gasteiger partial charge in [-0.1, -0.05) is 12.8 Å². The van der Waals surface area contributed by atoms with Crippen LogP contribution in [0, 0.1) is 10.1 Å². The number of non-ortho nitro benzene ring substituents is 1. The van der Waals surface area contributed by atoms with Crippen LogP contribution >= 0.6 is 12.8 Å². The standard InChI is InChI=1S/C21H23N7O5S/c1-32-17-11-15-16(12-18(17)33-2)23-20(24-19(15)22)25-7-9-26(10-8-25)21(29)27(34)13-3-5-14(6-4-13)28(30)31/h3-6,11-12,34H,7-10H2,1-2H3,(H2,22,23,24). The molecule has 3 aromatic rings. The minimum absolute atomic E-state index is 0.0581. The molecule has 12 nitrogen and oxygen atoms in total. The summed E-state index contributed by atoms with van der Waals surface area (Å²) in [7, 11) is 3.09. The van der Waals surface area contributed by atoms with E-state index >= 15 is 0 Å². The Balaban J connectivity index is 1.46. The van der Waals surface area contributed by atoms with Crippen molar-refractivity contribution in [3.05, 3.63) is 46.5 Å². The minimum atomic E-state index is -0.498. The number of carbonyl (C=O) groups is 1. The second-order valence-electron chi connectivity index (χ2n) is 7.48. The molecule has 13 heteroatoms. The van der Waals surface area contributed by atoms with Crippen molar-refractivity contribution in [3.8, 4) is 11.5 Å². The maximum atomic E-state index is 12.9. The number of thiol groups is 1. The van der Waals surface area contributed by atoms with Gasteiger partial charge in [-0.05, 0) is 18.2 Å². The summed E-state index contributed by atoms with van der Waals surface area (Å²) in [5.74, 6) is 1.85. The molecule has 0 saturated carbocycles. The summed E-state index contributed by atoms with van der Waals surface area (Å²) in [5, 5.41) is 11.5. The Morgan fingerprint density at radius 3 is 2.29 bits per heavy atom. The third-order valence-electron chi connectivity index (χ3n) is 5.54. The summed E-state index contributed by atoms with van der Waals surface area (Å²) in [6.07, 6.45) is 0. The molecule has 1 saturated heterocycles. The molecular weight excluding hydrogens is 462 g/mol. The quantitative estimate of drug-likeness (QED) is 0.317. The topological polar surface area (TPSA) is 140 Å². The average Bonchev–Trinajstić information content (AvgIpc) is 2.87. The number of methoxy groups -OCH3 is 2. The first-order chi connectivity index (χ1) is 16.3. The van der Waals surface area contributed by atoms with Crippen LogP contribution < -0.4 is 24.4 Å². The summed E-state index contributed by atoms with van der Waals surface area (Å²) < 4.78 is 11.9. The number of aromatic nitrogens is 2. The van der Waals surface area contributed by atoms with E-state index in [-0.39, 0.29) is 11.7 Å². The van der Waals surface area contributed by atoms with E-state index in [0.717, 1.165) is 0 Å². The number of nitrogens with two attached hydrogens (primary N) is 1. The van der Waals surface area contributed by atoms with Crippen molar-refractivity contribution in [2.24, 2.45) is 0 Å². The number of rotatable bonds is 5. The van der Waals surface area contributed by atoms with Gasteiger partial charge in [-0.25, -0.2) is 14.1 Å². The van der Waals surface area contributed by atoms with Gasteiger partial charge < -0.3 is 25.0 Å². The van der Waals surface area contributed by atoms with Crippen molar-refractivity contribution in [3.63, 3.8) is 0 Å². The average molecular weight is 486 g/mol. The van der Waals surface area contributed by atoms with Gasteiger partial charge in [-0.3, -0.25) is 10.1 Å². The third-order valence-corrected chi connectivity index (χ3v) is 5.94. The number of piperazine rings is 1. The molecule has 0 spiro atoms. The van der Waals surface area contributed by atoms with Gasteiger partial charge in [0.15, 0.2) is 11.5 Å². The Morgan fingerprint density at radius 2 is 1.71 bits per heavy atom. The van der Waals surface area contributed by atoms with Crippen molar-refractivity contribution in [2.75, 3.05) is 55.3 Å². The van der Waals surface area contributed by atoms with Crippen LogP contribution in [0.2, 0.25) is 0 Å². The molecular formula is C21H23N7O5S. The number of hydrogen-bond donors (Lipinski definition) is 2. The molecule has 0 atom stereocenters. The van der Waals surface area contributed by atoms with Crippen molar-refractivity contribution in [1.29, 1.82) is 0 Å².